The van der Waals surface area contributed by atoms with Gasteiger partial charge in [0.15, 0.2) is 0 Å². The van der Waals surface area contributed by atoms with E-state index in [1.165, 1.54) is 24.3 Å². The molecule has 1 aromatic heterocycles. The van der Waals surface area contributed by atoms with E-state index in [4.69, 9.17) is 0 Å². The fraction of sp³-hybridized carbons (Fsp3) is 0.240. The van der Waals surface area contributed by atoms with Crippen molar-refractivity contribution in [3.63, 3.8) is 0 Å². The zero-order valence-electron chi connectivity index (χ0n) is 17.8. The second-order valence-electron chi connectivity index (χ2n) is 8.29. The molecule has 2 N–H and O–H groups in total. The van der Waals surface area contributed by atoms with Gasteiger partial charge in [-0.1, -0.05) is 24.3 Å². The number of aliphatic hydroxyl groups is 1. The van der Waals surface area contributed by atoms with Gasteiger partial charge in [-0.25, -0.2) is 9.18 Å². The van der Waals surface area contributed by atoms with E-state index in [0.29, 0.717) is 12.2 Å². The van der Waals surface area contributed by atoms with Crippen molar-refractivity contribution in [3.05, 3.63) is 90.0 Å². The number of nitrogens with one attached hydrogen (secondary N) is 1. The van der Waals surface area contributed by atoms with Crippen molar-refractivity contribution in [1.29, 1.82) is 0 Å². The molecule has 0 aliphatic carbocycles. The van der Waals surface area contributed by atoms with Crippen LogP contribution in [0.1, 0.15) is 17.0 Å². The number of nitrogens with zero attached hydrogens (tertiary/aromatic N) is 3. The first-order chi connectivity index (χ1) is 16.1. The van der Waals surface area contributed by atoms with Crippen LogP contribution in [0.3, 0.4) is 0 Å². The van der Waals surface area contributed by atoms with Crippen LogP contribution in [-0.2, 0) is 11.2 Å². The molecule has 2 aliphatic heterocycles. The van der Waals surface area contributed by atoms with Crippen molar-refractivity contribution in [3.8, 4) is 0 Å². The van der Waals surface area contributed by atoms with Gasteiger partial charge in [0.2, 0.25) is 5.91 Å². The summed E-state index contributed by atoms with van der Waals surface area (Å²) >= 11 is 0. The molecule has 0 spiro atoms. The highest BCUT2D eigenvalue weighted by Crippen LogP contribution is 2.48. The number of halogens is 1. The maximum atomic E-state index is 13.2. The quantitative estimate of drug-likeness (QED) is 0.645. The molecule has 3 atom stereocenters. The van der Waals surface area contributed by atoms with Gasteiger partial charge in [0, 0.05) is 36.2 Å². The number of para-hydroxylation sites is 1. The summed E-state index contributed by atoms with van der Waals surface area (Å²) in [4.78, 5) is 33.7. The summed E-state index contributed by atoms with van der Waals surface area (Å²) in [7, 11) is 0. The average molecular weight is 446 g/mol. The number of rotatable bonds is 4. The summed E-state index contributed by atoms with van der Waals surface area (Å²) < 4.78 is 13.2. The predicted molar refractivity (Wildman–Crippen MR) is 121 cm³/mol. The van der Waals surface area contributed by atoms with Crippen LogP contribution in [0, 0.1) is 5.82 Å². The summed E-state index contributed by atoms with van der Waals surface area (Å²) in [6.45, 7) is 0.139. The zero-order valence-corrected chi connectivity index (χ0v) is 17.8. The average Bonchev–Trinajstić information content (AvgIpc) is 2.81. The van der Waals surface area contributed by atoms with Crippen LogP contribution in [-0.4, -0.2) is 52.2 Å². The first kappa shape index (κ1) is 21.1. The van der Waals surface area contributed by atoms with Gasteiger partial charge >= 0.3 is 6.03 Å². The first-order valence-corrected chi connectivity index (χ1v) is 10.8. The minimum absolute atomic E-state index is 0.0566. The smallest absolute Gasteiger partial charge is 0.326 e. The number of urea groups is 1. The van der Waals surface area contributed by atoms with E-state index in [0.717, 1.165) is 16.8 Å². The monoisotopic (exact) mass is 446 g/mol. The van der Waals surface area contributed by atoms with Crippen molar-refractivity contribution < 1.29 is 19.1 Å². The van der Waals surface area contributed by atoms with E-state index < -0.39 is 0 Å². The van der Waals surface area contributed by atoms with Crippen molar-refractivity contribution in [2.45, 2.75) is 24.4 Å². The normalized spacial score (nSPS) is 21.0. The number of aliphatic hydroxyl groups excluding tert-OH is 1. The molecule has 2 aromatic carbocycles. The Morgan fingerprint density at radius 2 is 1.88 bits per heavy atom. The molecule has 2 aliphatic rings. The Balaban J connectivity index is 1.42. The van der Waals surface area contributed by atoms with E-state index in [2.05, 4.69) is 10.3 Å². The van der Waals surface area contributed by atoms with Gasteiger partial charge < -0.3 is 15.3 Å². The highest BCUT2D eigenvalue weighted by Gasteiger charge is 2.55. The van der Waals surface area contributed by atoms with Gasteiger partial charge in [0.05, 0.1) is 25.1 Å². The van der Waals surface area contributed by atoms with Crippen molar-refractivity contribution in [1.82, 2.24) is 9.88 Å². The molecule has 0 radical (unpaired) electrons. The number of likely N-dealkylation sites (tertiary alicyclic amines) is 1. The van der Waals surface area contributed by atoms with Crippen LogP contribution in [0.2, 0.25) is 0 Å². The molecule has 0 unspecified atom stereocenters. The van der Waals surface area contributed by atoms with Gasteiger partial charge in [-0.05, 0) is 47.5 Å². The number of hydrogen-bond acceptors (Lipinski definition) is 4. The Labute approximate surface area is 190 Å². The molecule has 3 heterocycles. The molecule has 7 nitrogen and oxygen atoms in total. The van der Waals surface area contributed by atoms with Crippen LogP contribution in [0.4, 0.5) is 20.6 Å². The SMILES string of the molecule is O=C(Nc1ccc(F)cc1)N1C[C@H]2[C@@H](c3ccccc31)[C@H](CO)N2C(=O)Cc1cccnc1. The molecule has 3 aromatic rings. The summed E-state index contributed by atoms with van der Waals surface area (Å²) in [6, 6.07) is 15.8. The molecule has 33 heavy (non-hydrogen) atoms. The Bertz CT molecular complexity index is 1170. The molecule has 168 valence electrons. The molecule has 5 rings (SSSR count). The maximum Gasteiger partial charge on any atom is 0.326 e. The second kappa shape index (κ2) is 8.63. The van der Waals surface area contributed by atoms with Gasteiger partial charge in [0.25, 0.3) is 0 Å². The van der Waals surface area contributed by atoms with Crippen molar-refractivity contribution in [2.24, 2.45) is 0 Å². The number of pyridine rings is 1. The molecule has 1 fully saturated rings. The summed E-state index contributed by atoms with van der Waals surface area (Å²) in [5.41, 5.74) is 2.95. The van der Waals surface area contributed by atoms with Crippen molar-refractivity contribution in [2.75, 3.05) is 23.4 Å². The lowest BCUT2D eigenvalue weighted by atomic mass is 9.71. The lowest BCUT2D eigenvalue weighted by molar-refractivity contribution is -0.149. The molecule has 0 saturated carbocycles. The number of anilines is 2. The van der Waals surface area contributed by atoms with Gasteiger partial charge in [0.1, 0.15) is 5.82 Å². The van der Waals surface area contributed by atoms with Crippen LogP contribution >= 0.6 is 0 Å². The molecule has 8 heteroatoms. The van der Waals surface area contributed by atoms with E-state index in [1.54, 1.807) is 28.3 Å². The first-order valence-electron chi connectivity index (χ1n) is 10.8. The molecule has 3 amide bonds. The van der Waals surface area contributed by atoms with Gasteiger partial charge in [-0.15, -0.1) is 0 Å². The largest absolute Gasteiger partial charge is 0.394 e. The highest BCUT2D eigenvalue weighted by molar-refractivity contribution is 6.03. The van der Waals surface area contributed by atoms with Crippen LogP contribution in [0.25, 0.3) is 0 Å². The lowest BCUT2D eigenvalue weighted by Crippen LogP contribution is -2.71. The third-order valence-electron chi connectivity index (χ3n) is 6.39. The molecule has 1 saturated heterocycles. The maximum absolute atomic E-state index is 13.2. The molecular weight excluding hydrogens is 423 g/mol. The third kappa shape index (κ3) is 3.82. The van der Waals surface area contributed by atoms with Gasteiger partial charge in [-0.3, -0.25) is 14.7 Å². The fourth-order valence-electron chi connectivity index (χ4n) is 4.92. The Kier molecular flexibility index (Phi) is 5.51. The number of fused-ring (bicyclic) bond motifs is 3. The fourth-order valence-corrected chi connectivity index (χ4v) is 4.92. The number of carbonyl (C=O) groups is 2. The zero-order chi connectivity index (χ0) is 22.9. The Morgan fingerprint density at radius 1 is 1.09 bits per heavy atom. The Hall–Kier alpha value is -3.78. The molecule has 0 bridgehead atoms. The van der Waals surface area contributed by atoms with Crippen LogP contribution in [0.15, 0.2) is 73.1 Å². The number of amides is 3. The predicted octanol–water partition coefficient (Wildman–Crippen LogP) is 3.17. The van der Waals surface area contributed by atoms with E-state index >= 15 is 0 Å². The standard InChI is InChI=1S/C25H23FN4O3/c26-17-7-9-18(10-8-17)28-25(33)29-14-21-24(19-5-1-2-6-20(19)29)22(15-31)30(21)23(32)12-16-4-3-11-27-13-16/h1-11,13,21-22,24,31H,12,14-15H2,(H,28,33)/t21-,22-,24+/m0/s1. The van der Waals surface area contributed by atoms with Gasteiger partial charge in [-0.2, -0.15) is 0 Å². The highest BCUT2D eigenvalue weighted by atomic mass is 19.1. The van der Waals surface area contributed by atoms with Crippen LogP contribution < -0.4 is 10.2 Å². The number of benzene rings is 2. The van der Waals surface area contributed by atoms with E-state index in [-0.39, 0.29) is 48.8 Å². The summed E-state index contributed by atoms with van der Waals surface area (Å²) in [5.74, 6) is -0.549. The minimum Gasteiger partial charge on any atom is -0.394 e. The number of aromatic nitrogens is 1. The van der Waals surface area contributed by atoms with Crippen LogP contribution in [0.5, 0.6) is 0 Å². The van der Waals surface area contributed by atoms with E-state index in [9.17, 15) is 19.1 Å². The summed E-state index contributed by atoms with van der Waals surface area (Å²) in [5, 5.41) is 12.9. The topological polar surface area (TPSA) is 85.8 Å². The number of carbonyl (C=O) groups excluding carboxylic acids is 2. The Morgan fingerprint density at radius 3 is 2.61 bits per heavy atom. The summed E-state index contributed by atoms with van der Waals surface area (Å²) in [6.07, 6.45) is 3.48. The van der Waals surface area contributed by atoms with Crippen molar-refractivity contribution >= 4 is 23.3 Å². The lowest BCUT2D eigenvalue weighted by Gasteiger charge is -2.58. The van der Waals surface area contributed by atoms with E-state index in [1.807, 2.05) is 30.3 Å². The minimum atomic E-state index is -0.383. The third-order valence-corrected chi connectivity index (χ3v) is 6.39. The number of hydrogen-bond donors (Lipinski definition) is 2. The molecular formula is C25H23FN4O3. The second-order valence-corrected chi connectivity index (χ2v) is 8.29.